The molecule has 0 aromatic heterocycles. The van der Waals surface area contributed by atoms with E-state index in [9.17, 15) is 4.79 Å². The lowest BCUT2D eigenvalue weighted by molar-refractivity contribution is 0.209. The predicted molar refractivity (Wildman–Crippen MR) is 45.1 cm³/mol. The normalized spacial score (nSPS) is 11.0. The van der Waals surface area contributed by atoms with E-state index >= 15 is 0 Å². The van der Waals surface area contributed by atoms with Gasteiger partial charge in [0.1, 0.15) is 0 Å². The van der Waals surface area contributed by atoms with Gasteiger partial charge in [-0.3, -0.25) is 0 Å². The number of urea groups is 1. The number of nitrogens with one attached hydrogen (secondary N) is 1. The highest BCUT2D eigenvalue weighted by atomic mass is 16.4. The number of nitrogens with two attached hydrogens (primary N) is 1. The monoisotopic (exact) mass is 174 g/mol. The van der Waals surface area contributed by atoms with Crippen molar-refractivity contribution in [3.8, 4) is 0 Å². The summed E-state index contributed by atoms with van der Waals surface area (Å²) in [7, 11) is 1.53. The average Bonchev–Trinajstić information content (AvgIpc) is 2.12. The van der Waals surface area contributed by atoms with Crippen molar-refractivity contribution in [1.82, 2.24) is 10.2 Å². The van der Waals surface area contributed by atoms with Gasteiger partial charge in [0, 0.05) is 13.6 Å². The number of amides is 2. The standard InChI is InChI=1S/C6H14N4O2/c1-3-10(6(11)8-2)4-5(7)9-12/h12H,3-4H2,1-2H3,(H2,7,9)(H,8,11). The Kier molecular flexibility index (Phi) is 4.59. The number of hydrogen-bond donors (Lipinski definition) is 3. The smallest absolute Gasteiger partial charge is 0.317 e. The summed E-state index contributed by atoms with van der Waals surface area (Å²) in [6.45, 7) is 2.45. The van der Waals surface area contributed by atoms with E-state index in [0.29, 0.717) is 6.54 Å². The minimum atomic E-state index is -0.246. The molecule has 2 amide bonds. The average molecular weight is 174 g/mol. The molecule has 0 atom stereocenters. The molecule has 0 aromatic rings. The van der Waals surface area contributed by atoms with Crippen LogP contribution in [0.2, 0.25) is 0 Å². The number of carbonyl (C=O) groups is 1. The SMILES string of the molecule is CCN(CC(N)=NO)C(=O)NC. The van der Waals surface area contributed by atoms with Crippen LogP contribution in [0.25, 0.3) is 0 Å². The van der Waals surface area contributed by atoms with Crippen molar-refractivity contribution < 1.29 is 10.0 Å². The van der Waals surface area contributed by atoms with E-state index in [1.54, 1.807) is 6.92 Å². The van der Waals surface area contributed by atoms with Gasteiger partial charge in [0.2, 0.25) is 0 Å². The number of likely N-dealkylation sites (N-methyl/N-ethyl adjacent to an activating group) is 1. The fraction of sp³-hybridized carbons (Fsp3) is 0.667. The molecule has 0 unspecified atom stereocenters. The van der Waals surface area contributed by atoms with E-state index in [1.807, 2.05) is 0 Å². The number of hydrogen-bond acceptors (Lipinski definition) is 3. The quantitative estimate of drug-likeness (QED) is 0.231. The van der Waals surface area contributed by atoms with Crippen LogP contribution in [0.4, 0.5) is 4.79 Å². The molecule has 0 aliphatic rings. The Balaban J connectivity index is 4.08. The molecule has 70 valence electrons. The molecule has 0 aliphatic heterocycles. The Labute approximate surface area is 71.0 Å². The molecule has 0 saturated carbocycles. The number of amidine groups is 1. The van der Waals surface area contributed by atoms with Crippen LogP contribution in [0.1, 0.15) is 6.92 Å². The minimum Gasteiger partial charge on any atom is -0.409 e. The number of rotatable bonds is 3. The molecule has 6 nitrogen and oxygen atoms in total. The molecule has 0 spiro atoms. The molecule has 0 fully saturated rings. The molecule has 0 aromatic carbocycles. The molecule has 0 rings (SSSR count). The Morgan fingerprint density at radius 3 is 2.67 bits per heavy atom. The number of oxime groups is 1. The Morgan fingerprint density at radius 2 is 2.33 bits per heavy atom. The lowest BCUT2D eigenvalue weighted by Gasteiger charge is -2.18. The van der Waals surface area contributed by atoms with Crippen molar-refractivity contribution >= 4 is 11.9 Å². The van der Waals surface area contributed by atoms with Gasteiger partial charge in [-0.25, -0.2) is 4.79 Å². The molecule has 6 heteroatoms. The second kappa shape index (κ2) is 5.22. The summed E-state index contributed by atoms with van der Waals surface area (Å²) in [5, 5.41) is 13.4. The summed E-state index contributed by atoms with van der Waals surface area (Å²) in [6.07, 6.45) is 0. The molecule has 0 saturated heterocycles. The summed E-state index contributed by atoms with van der Waals surface area (Å²) in [6, 6.07) is -0.246. The van der Waals surface area contributed by atoms with E-state index in [1.165, 1.54) is 11.9 Å². The summed E-state index contributed by atoms with van der Waals surface area (Å²) in [4.78, 5) is 12.4. The van der Waals surface area contributed by atoms with Gasteiger partial charge < -0.3 is 21.2 Å². The van der Waals surface area contributed by atoms with Gasteiger partial charge in [0.05, 0.1) is 6.54 Å². The van der Waals surface area contributed by atoms with Gasteiger partial charge in [0.15, 0.2) is 5.84 Å². The highest BCUT2D eigenvalue weighted by Crippen LogP contribution is 1.87. The summed E-state index contributed by atoms with van der Waals surface area (Å²) in [5.74, 6) is 0.0143. The van der Waals surface area contributed by atoms with E-state index in [2.05, 4.69) is 10.5 Å². The van der Waals surface area contributed by atoms with Crippen LogP contribution in [0, 0.1) is 0 Å². The zero-order chi connectivity index (χ0) is 9.56. The van der Waals surface area contributed by atoms with Crippen LogP contribution in [0.15, 0.2) is 5.16 Å². The van der Waals surface area contributed by atoms with Crippen molar-refractivity contribution in [2.24, 2.45) is 10.9 Å². The van der Waals surface area contributed by atoms with Crippen LogP contribution in [-0.2, 0) is 0 Å². The van der Waals surface area contributed by atoms with Crippen LogP contribution in [0.5, 0.6) is 0 Å². The maximum absolute atomic E-state index is 11.0. The minimum absolute atomic E-state index is 0.0143. The molecular formula is C6H14N4O2. The highest BCUT2D eigenvalue weighted by molar-refractivity contribution is 5.86. The first-order valence-corrected chi connectivity index (χ1v) is 3.58. The van der Waals surface area contributed by atoms with E-state index in [-0.39, 0.29) is 18.4 Å². The van der Waals surface area contributed by atoms with E-state index < -0.39 is 0 Å². The van der Waals surface area contributed by atoms with Gasteiger partial charge in [-0.1, -0.05) is 5.16 Å². The maximum Gasteiger partial charge on any atom is 0.317 e. The van der Waals surface area contributed by atoms with Crippen molar-refractivity contribution in [3.05, 3.63) is 0 Å². The van der Waals surface area contributed by atoms with Crippen LogP contribution < -0.4 is 11.1 Å². The summed E-state index contributed by atoms with van der Waals surface area (Å²) in [5.41, 5.74) is 5.22. The van der Waals surface area contributed by atoms with Crippen molar-refractivity contribution in [2.75, 3.05) is 20.1 Å². The first-order chi connectivity index (χ1) is 5.65. The Hall–Kier alpha value is -1.46. The van der Waals surface area contributed by atoms with Crippen molar-refractivity contribution in [1.29, 1.82) is 0 Å². The Bertz CT molecular complexity index is 180. The third kappa shape index (κ3) is 3.09. The molecule has 12 heavy (non-hydrogen) atoms. The zero-order valence-electron chi connectivity index (χ0n) is 7.24. The molecule has 4 N–H and O–H groups in total. The van der Waals surface area contributed by atoms with Gasteiger partial charge in [0.25, 0.3) is 0 Å². The Morgan fingerprint density at radius 1 is 1.75 bits per heavy atom. The molecule has 0 bridgehead atoms. The highest BCUT2D eigenvalue weighted by Gasteiger charge is 2.10. The predicted octanol–water partition coefficient (Wildman–Crippen LogP) is -0.606. The lowest BCUT2D eigenvalue weighted by Crippen LogP contribution is -2.42. The molecule has 0 heterocycles. The molecule has 0 aliphatic carbocycles. The fourth-order valence-corrected chi connectivity index (χ4v) is 0.712. The second-order valence-corrected chi connectivity index (χ2v) is 2.16. The topological polar surface area (TPSA) is 90.9 Å². The van der Waals surface area contributed by atoms with Gasteiger partial charge in [-0.2, -0.15) is 0 Å². The zero-order valence-corrected chi connectivity index (χ0v) is 7.24. The van der Waals surface area contributed by atoms with Crippen LogP contribution in [-0.4, -0.2) is 42.1 Å². The van der Waals surface area contributed by atoms with Gasteiger partial charge >= 0.3 is 6.03 Å². The maximum atomic E-state index is 11.0. The third-order valence-electron chi connectivity index (χ3n) is 1.36. The number of nitrogens with zero attached hydrogens (tertiary/aromatic N) is 2. The van der Waals surface area contributed by atoms with E-state index in [4.69, 9.17) is 10.9 Å². The summed E-state index contributed by atoms with van der Waals surface area (Å²) >= 11 is 0. The van der Waals surface area contributed by atoms with Crippen LogP contribution >= 0.6 is 0 Å². The van der Waals surface area contributed by atoms with Gasteiger partial charge in [-0.05, 0) is 6.92 Å². The van der Waals surface area contributed by atoms with Crippen molar-refractivity contribution in [3.63, 3.8) is 0 Å². The summed E-state index contributed by atoms with van der Waals surface area (Å²) < 4.78 is 0. The second-order valence-electron chi connectivity index (χ2n) is 2.16. The number of carbonyl (C=O) groups excluding carboxylic acids is 1. The largest absolute Gasteiger partial charge is 0.409 e. The molecular weight excluding hydrogens is 160 g/mol. The fourth-order valence-electron chi connectivity index (χ4n) is 0.712. The first-order valence-electron chi connectivity index (χ1n) is 3.58. The van der Waals surface area contributed by atoms with Gasteiger partial charge in [-0.15, -0.1) is 0 Å². The first kappa shape index (κ1) is 10.5. The third-order valence-corrected chi connectivity index (χ3v) is 1.36. The lowest BCUT2D eigenvalue weighted by atomic mass is 10.5. The van der Waals surface area contributed by atoms with E-state index in [0.717, 1.165) is 0 Å². The van der Waals surface area contributed by atoms with Crippen molar-refractivity contribution in [2.45, 2.75) is 6.92 Å². The molecule has 0 radical (unpaired) electrons. The van der Waals surface area contributed by atoms with Crippen LogP contribution in [0.3, 0.4) is 0 Å².